The summed E-state index contributed by atoms with van der Waals surface area (Å²) < 4.78 is 37.7. The van der Waals surface area contributed by atoms with Crippen molar-refractivity contribution in [3.05, 3.63) is 23.8 Å². The van der Waals surface area contributed by atoms with Gasteiger partial charge in [-0.15, -0.1) is 0 Å². The molecule has 1 aromatic carbocycles. The summed E-state index contributed by atoms with van der Waals surface area (Å²) >= 11 is 0. The third-order valence-corrected chi connectivity index (χ3v) is 3.77. The molecule has 1 amide bonds. The number of rotatable bonds is 4. The largest absolute Gasteiger partial charge is 0.416 e. The summed E-state index contributed by atoms with van der Waals surface area (Å²) in [6.07, 6.45) is -0.316. The number of anilines is 2. The summed E-state index contributed by atoms with van der Waals surface area (Å²) in [5.74, 6) is 0. The van der Waals surface area contributed by atoms with Gasteiger partial charge < -0.3 is 16.4 Å². The van der Waals surface area contributed by atoms with Crippen LogP contribution < -0.4 is 16.4 Å². The van der Waals surface area contributed by atoms with Gasteiger partial charge in [0.15, 0.2) is 0 Å². The number of nitrogen functional groups attached to an aromatic ring is 1. The van der Waals surface area contributed by atoms with E-state index in [1.54, 1.807) is 0 Å². The average Bonchev–Trinajstić information content (AvgIpc) is 2.42. The van der Waals surface area contributed by atoms with Crippen LogP contribution in [0.4, 0.5) is 24.5 Å². The van der Waals surface area contributed by atoms with Gasteiger partial charge >= 0.3 is 6.18 Å². The highest BCUT2D eigenvalue weighted by Crippen LogP contribution is 2.33. The molecule has 1 aliphatic carbocycles. The summed E-state index contributed by atoms with van der Waals surface area (Å²) in [5, 5.41) is 5.93. The monoisotopic (exact) mass is 301 g/mol. The highest BCUT2D eigenvalue weighted by atomic mass is 19.4. The van der Waals surface area contributed by atoms with E-state index >= 15 is 0 Å². The molecular formula is C14H18F3N3O. The van der Waals surface area contributed by atoms with E-state index in [-0.39, 0.29) is 17.8 Å². The summed E-state index contributed by atoms with van der Waals surface area (Å²) in [7, 11) is 0. The second kappa shape index (κ2) is 6.24. The zero-order chi connectivity index (χ0) is 15.5. The van der Waals surface area contributed by atoms with Crippen molar-refractivity contribution in [2.75, 3.05) is 11.1 Å². The minimum Gasteiger partial charge on any atom is -0.397 e. The molecule has 0 spiro atoms. The molecule has 1 aliphatic rings. The van der Waals surface area contributed by atoms with E-state index in [2.05, 4.69) is 10.6 Å². The van der Waals surface area contributed by atoms with Crippen LogP contribution in [0.1, 0.15) is 31.2 Å². The molecule has 4 nitrogen and oxygen atoms in total. The number of hydrogen-bond donors (Lipinski definition) is 3. The Labute approximate surface area is 120 Å². The topological polar surface area (TPSA) is 67.2 Å². The van der Waals surface area contributed by atoms with E-state index in [0.29, 0.717) is 12.1 Å². The third kappa shape index (κ3) is 4.03. The number of carbonyl (C=O) groups is 1. The first kappa shape index (κ1) is 15.5. The number of amides is 1. The Bertz CT molecular complexity index is 497. The fourth-order valence-electron chi connectivity index (χ4n) is 2.59. The van der Waals surface area contributed by atoms with Gasteiger partial charge in [-0.1, -0.05) is 0 Å². The molecular weight excluding hydrogens is 283 g/mol. The molecule has 21 heavy (non-hydrogen) atoms. The molecule has 7 heteroatoms. The molecule has 0 saturated heterocycles. The number of nitrogens with two attached hydrogens (primary N) is 1. The summed E-state index contributed by atoms with van der Waals surface area (Å²) in [6, 6.07) is 3.69. The van der Waals surface area contributed by atoms with E-state index in [0.717, 1.165) is 37.8 Å². The molecule has 1 fully saturated rings. The lowest BCUT2D eigenvalue weighted by atomic mass is 9.91. The van der Waals surface area contributed by atoms with Gasteiger partial charge in [0.05, 0.1) is 16.9 Å². The standard InChI is InChI=1S/C14H18F3N3O/c15-14(16,17)9-1-6-13(12(18)7-9)20-11-4-2-10(3-5-11)19-8-21/h1,6-8,10-11,20H,2-5,18H2,(H,19,21)/t10-,11-. The van der Waals surface area contributed by atoms with E-state index in [9.17, 15) is 18.0 Å². The quantitative estimate of drug-likeness (QED) is 0.592. The maximum absolute atomic E-state index is 12.6. The fourth-order valence-corrected chi connectivity index (χ4v) is 2.59. The van der Waals surface area contributed by atoms with Crippen molar-refractivity contribution in [2.24, 2.45) is 0 Å². The highest BCUT2D eigenvalue weighted by molar-refractivity contribution is 5.67. The molecule has 0 heterocycles. The maximum Gasteiger partial charge on any atom is 0.416 e. The zero-order valence-corrected chi connectivity index (χ0v) is 11.4. The minimum atomic E-state index is -4.38. The second-order valence-corrected chi connectivity index (χ2v) is 5.28. The van der Waals surface area contributed by atoms with Crippen LogP contribution in [0.15, 0.2) is 18.2 Å². The van der Waals surface area contributed by atoms with Crippen LogP contribution in [-0.4, -0.2) is 18.5 Å². The van der Waals surface area contributed by atoms with Gasteiger partial charge in [-0.2, -0.15) is 13.2 Å². The lowest BCUT2D eigenvalue weighted by Gasteiger charge is -2.29. The Morgan fingerprint density at radius 2 is 1.76 bits per heavy atom. The van der Waals surface area contributed by atoms with Crippen molar-refractivity contribution in [1.82, 2.24) is 5.32 Å². The van der Waals surface area contributed by atoms with Crippen LogP contribution in [0.2, 0.25) is 0 Å². The number of alkyl halides is 3. The average molecular weight is 301 g/mol. The number of nitrogens with one attached hydrogen (secondary N) is 2. The summed E-state index contributed by atoms with van der Waals surface area (Å²) in [4.78, 5) is 10.4. The molecule has 0 atom stereocenters. The Kier molecular flexibility index (Phi) is 4.59. The molecule has 1 saturated carbocycles. The van der Waals surface area contributed by atoms with E-state index in [4.69, 9.17) is 5.73 Å². The van der Waals surface area contributed by atoms with Gasteiger partial charge in [-0.25, -0.2) is 0 Å². The van der Waals surface area contributed by atoms with Gasteiger partial charge in [0, 0.05) is 12.1 Å². The smallest absolute Gasteiger partial charge is 0.397 e. The zero-order valence-electron chi connectivity index (χ0n) is 11.4. The summed E-state index contributed by atoms with van der Waals surface area (Å²) in [5.41, 5.74) is 5.56. The normalized spacial score (nSPS) is 22.6. The predicted octanol–water partition coefficient (Wildman–Crippen LogP) is 2.76. The fraction of sp³-hybridized carbons (Fsp3) is 0.500. The highest BCUT2D eigenvalue weighted by Gasteiger charge is 2.31. The first-order valence-corrected chi connectivity index (χ1v) is 6.83. The van der Waals surface area contributed by atoms with E-state index < -0.39 is 11.7 Å². The van der Waals surface area contributed by atoms with Gasteiger partial charge in [0.1, 0.15) is 0 Å². The molecule has 4 N–H and O–H groups in total. The third-order valence-electron chi connectivity index (χ3n) is 3.77. The Morgan fingerprint density at radius 1 is 1.14 bits per heavy atom. The molecule has 0 aliphatic heterocycles. The molecule has 2 rings (SSSR count). The lowest BCUT2D eigenvalue weighted by molar-refractivity contribution is -0.137. The SMILES string of the molecule is Nc1cc(C(F)(F)F)ccc1N[C@H]1CC[C@H](NC=O)CC1. The van der Waals surface area contributed by atoms with Gasteiger partial charge in [-0.05, 0) is 43.9 Å². The van der Waals surface area contributed by atoms with Crippen LogP contribution in [0.25, 0.3) is 0 Å². The van der Waals surface area contributed by atoms with E-state index in [1.165, 1.54) is 6.07 Å². The van der Waals surface area contributed by atoms with Gasteiger partial charge in [0.2, 0.25) is 6.41 Å². The molecule has 0 radical (unpaired) electrons. The Balaban J connectivity index is 1.96. The molecule has 1 aromatic rings. The second-order valence-electron chi connectivity index (χ2n) is 5.28. The van der Waals surface area contributed by atoms with E-state index in [1.807, 2.05) is 0 Å². The first-order valence-electron chi connectivity index (χ1n) is 6.83. The molecule has 116 valence electrons. The number of carbonyl (C=O) groups excluding carboxylic acids is 1. The van der Waals surface area contributed by atoms with Gasteiger partial charge in [0.25, 0.3) is 0 Å². The van der Waals surface area contributed by atoms with Gasteiger partial charge in [-0.3, -0.25) is 4.79 Å². The number of hydrogen-bond acceptors (Lipinski definition) is 3. The Hall–Kier alpha value is -1.92. The van der Waals surface area contributed by atoms with Crippen molar-refractivity contribution >= 4 is 17.8 Å². The molecule has 0 bridgehead atoms. The Morgan fingerprint density at radius 3 is 2.29 bits per heavy atom. The number of halogens is 3. The van der Waals surface area contributed by atoms with Crippen LogP contribution in [0.3, 0.4) is 0 Å². The first-order chi connectivity index (χ1) is 9.90. The van der Waals surface area contributed by atoms with Crippen molar-refractivity contribution < 1.29 is 18.0 Å². The minimum absolute atomic E-state index is 0.0953. The van der Waals surface area contributed by atoms with Crippen molar-refractivity contribution in [2.45, 2.75) is 43.9 Å². The van der Waals surface area contributed by atoms with Crippen LogP contribution in [-0.2, 0) is 11.0 Å². The molecule has 0 unspecified atom stereocenters. The molecule has 0 aromatic heterocycles. The summed E-state index contributed by atoms with van der Waals surface area (Å²) in [6.45, 7) is 0. The maximum atomic E-state index is 12.6. The van der Waals surface area contributed by atoms with Crippen LogP contribution in [0.5, 0.6) is 0 Å². The number of benzene rings is 1. The lowest BCUT2D eigenvalue weighted by Crippen LogP contribution is -2.36. The van der Waals surface area contributed by atoms with Crippen molar-refractivity contribution in [3.63, 3.8) is 0 Å². The van der Waals surface area contributed by atoms with Crippen molar-refractivity contribution in [3.8, 4) is 0 Å². The van der Waals surface area contributed by atoms with Crippen LogP contribution >= 0.6 is 0 Å². The predicted molar refractivity (Wildman–Crippen MR) is 74.7 cm³/mol. The van der Waals surface area contributed by atoms with Crippen molar-refractivity contribution in [1.29, 1.82) is 0 Å². The van der Waals surface area contributed by atoms with Crippen LogP contribution in [0, 0.1) is 0 Å².